The Kier molecular flexibility index (Phi) is 8.81. The van der Waals surface area contributed by atoms with Gasteiger partial charge in [0.05, 0.1) is 16.3 Å². The highest BCUT2D eigenvalue weighted by molar-refractivity contribution is 7.89. The molecule has 6 nitrogen and oxygen atoms in total. The van der Waals surface area contributed by atoms with E-state index in [0.717, 1.165) is 18.8 Å². The Hall–Kier alpha value is -1.86. The predicted octanol–water partition coefficient (Wildman–Crippen LogP) is 3.47. The number of carbonyl (C=O) groups is 1. The van der Waals surface area contributed by atoms with Crippen LogP contribution in [-0.2, 0) is 14.8 Å². The van der Waals surface area contributed by atoms with Gasteiger partial charge in [0, 0.05) is 32.6 Å². The van der Waals surface area contributed by atoms with Crippen LogP contribution in [0.1, 0.15) is 40.5 Å². The molecular weight excluding hydrogens is 350 g/mol. The molecule has 0 aliphatic carbocycles. The number of hydrogen-bond donors (Lipinski definition) is 1. The van der Waals surface area contributed by atoms with Gasteiger partial charge in [0.2, 0.25) is 15.9 Å². The van der Waals surface area contributed by atoms with Crippen molar-refractivity contribution >= 4 is 27.3 Å². The fraction of sp³-hybridized carbons (Fsp3) is 0.526. The SMILES string of the molecule is C=CCCC(=O)Nc1cc(S(=O)(=O)N(CC)CC)ccc1N(CC)CC. The minimum atomic E-state index is -3.59. The van der Waals surface area contributed by atoms with E-state index < -0.39 is 10.0 Å². The highest BCUT2D eigenvalue weighted by Gasteiger charge is 2.23. The Balaban J connectivity index is 3.35. The van der Waals surface area contributed by atoms with Crippen LogP contribution in [0.5, 0.6) is 0 Å². The lowest BCUT2D eigenvalue weighted by Gasteiger charge is -2.26. The second-order valence-corrected chi connectivity index (χ2v) is 7.75. The van der Waals surface area contributed by atoms with Crippen molar-refractivity contribution < 1.29 is 13.2 Å². The van der Waals surface area contributed by atoms with E-state index in [-0.39, 0.29) is 10.8 Å². The Morgan fingerprint density at radius 2 is 1.73 bits per heavy atom. The Bertz CT molecular complexity index is 709. The molecule has 146 valence electrons. The lowest BCUT2D eigenvalue weighted by Crippen LogP contribution is -2.31. The van der Waals surface area contributed by atoms with Crippen molar-refractivity contribution in [3.8, 4) is 0 Å². The molecule has 1 aromatic rings. The maximum atomic E-state index is 12.8. The van der Waals surface area contributed by atoms with Crippen LogP contribution in [0, 0.1) is 0 Å². The number of hydrogen-bond acceptors (Lipinski definition) is 4. The zero-order valence-electron chi connectivity index (χ0n) is 16.3. The van der Waals surface area contributed by atoms with Gasteiger partial charge >= 0.3 is 0 Å². The highest BCUT2D eigenvalue weighted by Crippen LogP contribution is 2.30. The van der Waals surface area contributed by atoms with Crippen molar-refractivity contribution in [2.24, 2.45) is 0 Å². The fourth-order valence-corrected chi connectivity index (χ4v) is 4.26. The standard InChI is InChI=1S/C19H31N3O3S/c1-6-11-12-19(23)20-17-15-16(26(24,25)22(9-4)10-5)13-14-18(17)21(7-2)8-3/h6,13-15H,1,7-12H2,2-5H3,(H,20,23). The van der Waals surface area contributed by atoms with Crippen molar-refractivity contribution in [3.63, 3.8) is 0 Å². The molecule has 7 heteroatoms. The average Bonchev–Trinajstić information content (AvgIpc) is 2.62. The van der Waals surface area contributed by atoms with Gasteiger partial charge in [-0.1, -0.05) is 19.9 Å². The third-order valence-electron chi connectivity index (χ3n) is 4.26. The normalized spacial score (nSPS) is 11.4. The summed E-state index contributed by atoms with van der Waals surface area (Å²) in [5.74, 6) is -0.157. The van der Waals surface area contributed by atoms with Gasteiger partial charge in [-0.05, 0) is 38.5 Å². The van der Waals surface area contributed by atoms with E-state index >= 15 is 0 Å². The summed E-state index contributed by atoms with van der Waals surface area (Å²) >= 11 is 0. The van der Waals surface area contributed by atoms with Gasteiger partial charge in [0.1, 0.15) is 0 Å². The van der Waals surface area contributed by atoms with Crippen molar-refractivity contribution in [1.82, 2.24) is 4.31 Å². The molecule has 1 N–H and O–H groups in total. The Morgan fingerprint density at radius 3 is 2.23 bits per heavy atom. The van der Waals surface area contributed by atoms with Crippen LogP contribution in [0.2, 0.25) is 0 Å². The second kappa shape index (κ2) is 10.3. The van der Waals surface area contributed by atoms with Crippen molar-refractivity contribution in [1.29, 1.82) is 0 Å². The maximum Gasteiger partial charge on any atom is 0.243 e. The molecule has 26 heavy (non-hydrogen) atoms. The first kappa shape index (κ1) is 22.2. The predicted molar refractivity (Wildman–Crippen MR) is 108 cm³/mol. The highest BCUT2D eigenvalue weighted by atomic mass is 32.2. The van der Waals surface area contributed by atoms with Crippen molar-refractivity contribution in [2.45, 2.75) is 45.4 Å². The summed E-state index contributed by atoms with van der Waals surface area (Å²) in [6.45, 7) is 13.6. The number of rotatable bonds is 11. The molecule has 0 fully saturated rings. The van der Waals surface area contributed by atoms with Crippen LogP contribution in [0.25, 0.3) is 0 Å². The summed E-state index contributed by atoms with van der Waals surface area (Å²) in [6.07, 6.45) is 2.57. The van der Waals surface area contributed by atoms with Crippen molar-refractivity contribution in [3.05, 3.63) is 30.9 Å². The molecule has 0 heterocycles. The summed E-state index contributed by atoms with van der Waals surface area (Å²) in [5.41, 5.74) is 1.34. The van der Waals surface area contributed by atoms with E-state index in [1.165, 1.54) is 4.31 Å². The maximum absolute atomic E-state index is 12.8. The van der Waals surface area contributed by atoms with Gasteiger partial charge in [-0.2, -0.15) is 4.31 Å². The largest absolute Gasteiger partial charge is 0.370 e. The molecule has 0 bridgehead atoms. The number of anilines is 2. The molecule has 0 aliphatic heterocycles. The van der Waals surface area contributed by atoms with Gasteiger partial charge in [0.25, 0.3) is 0 Å². The summed E-state index contributed by atoms with van der Waals surface area (Å²) < 4.78 is 27.0. The smallest absolute Gasteiger partial charge is 0.243 e. The molecule has 0 saturated heterocycles. The zero-order chi connectivity index (χ0) is 19.7. The average molecular weight is 382 g/mol. The topological polar surface area (TPSA) is 69.7 Å². The molecule has 0 spiro atoms. The molecule has 1 amide bonds. The third kappa shape index (κ3) is 5.32. The summed E-state index contributed by atoms with van der Waals surface area (Å²) in [5, 5.41) is 2.87. The zero-order valence-corrected chi connectivity index (χ0v) is 17.1. The van der Waals surface area contributed by atoms with Gasteiger partial charge in [0.15, 0.2) is 0 Å². The first-order valence-electron chi connectivity index (χ1n) is 9.15. The minimum Gasteiger partial charge on any atom is -0.370 e. The summed E-state index contributed by atoms with van der Waals surface area (Å²) in [6, 6.07) is 4.94. The van der Waals surface area contributed by atoms with E-state index in [2.05, 4.69) is 16.8 Å². The number of nitrogens with zero attached hydrogens (tertiary/aromatic N) is 2. The third-order valence-corrected chi connectivity index (χ3v) is 6.31. The molecular formula is C19H31N3O3S. The number of allylic oxidation sites excluding steroid dienone is 1. The van der Waals surface area contributed by atoms with Crippen LogP contribution in [0.4, 0.5) is 11.4 Å². The Morgan fingerprint density at radius 1 is 1.12 bits per heavy atom. The van der Waals surface area contributed by atoms with E-state index in [1.54, 1.807) is 24.3 Å². The van der Waals surface area contributed by atoms with E-state index in [1.807, 2.05) is 27.7 Å². The van der Waals surface area contributed by atoms with Crippen molar-refractivity contribution in [2.75, 3.05) is 36.4 Å². The first-order chi connectivity index (χ1) is 12.3. The van der Waals surface area contributed by atoms with Gasteiger partial charge in [-0.3, -0.25) is 4.79 Å². The molecule has 0 radical (unpaired) electrons. The van der Waals surface area contributed by atoms with Crippen LogP contribution in [0.3, 0.4) is 0 Å². The molecule has 0 aliphatic rings. The molecule has 0 unspecified atom stereocenters. The monoisotopic (exact) mass is 381 g/mol. The summed E-state index contributed by atoms with van der Waals surface area (Å²) in [4.78, 5) is 14.5. The van der Waals surface area contributed by atoms with Crippen LogP contribution >= 0.6 is 0 Å². The molecule has 1 aromatic carbocycles. The van der Waals surface area contributed by atoms with E-state index in [9.17, 15) is 13.2 Å². The van der Waals surface area contributed by atoms with Crippen LogP contribution < -0.4 is 10.2 Å². The number of nitrogens with one attached hydrogen (secondary N) is 1. The first-order valence-corrected chi connectivity index (χ1v) is 10.6. The molecule has 0 atom stereocenters. The van der Waals surface area contributed by atoms with Gasteiger partial charge < -0.3 is 10.2 Å². The molecule has 0 aromatic heterocycles. The molecule has 1 rings (SSSR count). The van der Waals surface area contributed by atoms with Crippen LogP contribution in [-0.4, -0.2) is 44.8 Å². The minimum absolute atomic E-state index is 0.157. The summed E-state index contributed by atoms with van der Waals surface area (Å²) in [7, 11) is -3.59. The lowest BCUT2D eigenvalue weighted by molar-refractivity contribution is -0.116. The Labute approximate surface area is 157 Å². The van der Waals surface area contributed by atoms with E-state index in [0.29, 0.717) is 31.6 Å². The lowest BCUT2D eigenvalue weighted by atomic mass is 10.2. The van der Waals surface area contributed by atoms with Gasteiger partial charge in [-0.25, -0.2) is 8.42 Å². The van der Waals surface area contributed by atoms with E-state index in [4.69, 9.17) is 0 Å². The fourth-order valence-electron chi connectivity index (χ4n) is 2.77. The van der Waals surface area contributed by atoms with Crippen LogP contribution in [0.15, 0.2) is 35.7 Å². The number of sulfonamides is 1. The molecule has 0 saturated carbocycles. The van der Waals surface area contributed by atoms with Gasteiger partial charge in [-0.15, -0.1) is 6.58 Å². The second-order valence-electron chi connectivity index (χ2n) is 5.82. The number of carbonyl (C=O) groups excluding carboxylic acids is 1. The quantitative estimate of drug-likeness (QED) is 0.596. The number of benzene rings is 1. The number of amides is 1.